The number of hydrogen-bond donors (Lipinski definition) is 8. The second kappa shape index (κ2) is 23.2. The van der Waals surface area contributed by atoms with Gasteiger partial charge in [-0.15, -0.1) is 0 Å². The smallest absolute Gasteiger partial charge is 0.306 e. The highest BCUT2D eigenvalue weighted by Crippen LogP contribution is 2.20. The lowest BCUT2D eigenvalue weighted by molar-refractivity contribution is -0.144. The topological polar surface area (TPSA) is 306 Å². The zero-order valence-corrected chi connectivity index (χ0v) is 27.0. The molecule has 45 heavy (non-hydrogen) atoms. The first-order chi connectivity index (χ1) is 21.1. The molecular formula is C29H55N11O5. The number of hydrogen-bond acceptors (Lipinski definition) is 8. The lowest BCUT2D eigenvalue weighted by Gasteiger charge is -2.24. The van der Waals surface area contributed by atoms with E-state index in [0.717, 1.165) is 0 Å². The monoisotopic (exact) mass is 637 g/mol. The van der Waals surface area contributed by atoms with Crippen molar-refractivity contribution in [1.82, 2.24) is 5.32 Å². The lowest BCUT2D eigenvalue weighted by atomic mass is 9.88. The minimum Gasteiger partial charge on any atom is -0.481 e. The molecule has 1 amide bonds. The summed E-state index contributed by atoms with van der Waals surface area (Å²) in [6.45, 7) is 6.41. The number of ketones is 2. The summed E-state index contributed by atoms with van der Waals surface area (Å²) in [5.41, 5.74) is 32.7. The first-order valence-corrected chi connectivity index (χ1v) is 15.4. The number of aliphatic carboxylic acids is 1. The standard InChI is InChI=1S/C29H55N11O5/c1-18(8-4-14-38-28(32)33)24(41)16-21(9-5-12-36-19(2)30)26(43)40-23(11-7-15-39-29(34)35)25(42)17-22(27(44)45)10-6-13-37-20(3)31/h18,21-23H,4-17H2,1-3H3,(H2,30,36)(H2,31,37)(H,40,43)(H,44,45)(H4,32,33,38)(H4,34,35,39)/t18-,21+,22+,23-/m0/s1. The number of aliphatic imine (C=N–C) groups is 4. The summed E-state index contributed by atoms with van der Waals surface area (Å²) in [4.78, 5) is 68.1. The van der Waals surface area contributed by atoms with Gasteiger partial charge < -0.3 is 44.8 Å². The van der Waals surface area contributed by atoms with Gasteiger partial charge in [0, 0.05) is 50.9 Å². The number of amides is 1. The minimum absolute atomic E-state index is 0.0194. The van der Waals surface area contributed by atoms with Gasteiger partial charge in [-0.1, -0.05) is 6.92 Å². The molecule has 0 saturated carbocycles. The summed E-state index contributed by atoms with van der Waals surface area (Å²) in [7, 11) is 0. The van der Waals surface area contributed by atoms with Crippen LogP contribution >= 0.6 is 0 Å². The van der Waals surface area contributed by atoms with E-state index in [1.165, 1.54) is 0 Å². The summed E-state index contributed by atoms with van der Waals surface area (Å²) in [5, 5.41) is 12.6. The quantitative estimate of drug-likeness (QED) is 0.0367. The first kappa shape index (κ1) is 40.8. The average molecular weight is 638 g/mol. The Morgan fingerprint density at radius 2 is 1.04 bits per heavy atom. The summed E-state index contributed by atoms with van der Waals surface area (Å²) < 4.78 is 0. The van der Waals surface area contributed by atoms with E-state index in [9.17, 15) is 24.3 Å². The molecule has 14 N–H and O–H groups in total. The number of Topliss-reactive ketones (excluding diaryl/α,β-unsaturated/α-hetero) is 2. The van der Waals surface area contributed by atoms with Crippen molar-refractivity contribution in [2.24, 2.45) is 72.1 Å². The summed E-state index contributed by atoms with van der Waals surface area (Å²) >= 11 is 0. The molecule has 0 aromatic rings. The van der Waals surface area contributed by atoms with Crippen LogP contribution in [0.25, 0.3) is 0 Å². The fourth-order valence-corrected chi connectivity index (χ4v) is 4.53. The molecule has 0 aliphatic rings. The Morgan fingerprint density at radius 3 is 1.51 bits per heavy atom. The van der Waals surface area contributed by atoms with E-state index in [2.05, 4.69) is 25.3 Å². The molecule has 0 spiro atoms. The molecule has 0 bridgehead atoms. The number of carbonyl (C=O) groups excluding carboxylic acids is 3. The van der Waals surface area contributed by atoms with Gasteiger partial charge in [0.1, 0.15) is 5.78 Å². The molecule has 16 nitrogen and oxygen atoms in total. The van der Waals surface area contributed by atoms with Crippen LogP contribution in [0.3, 0.4) is 0 Å². The van der Waals surface area contributed by atoms with Crippen molar-refractivity contribution in [1.29, 1.82) is 0 Å². The number of guanidine groups is 2. The van der Waals surface area contributed by atoms with E-state index >= 15 is 0 Å². The van der Waals surface area contributed by atoms with Crippen LogP contribution < -0.4 is 39.7 Å². The Hall–Kier alpha value is -4.24. The molecule has 0 aromatic carbocycles. The first-order valence-electron chi connectivity index (χ1n) is 15.4. The molecular weight excluding hydrogens is 582 g/mol. The fraction of sp³-hybridized carbons (Fsp3) is 0.724. The number of nitrogens with zero attached hydrogens (tertiary/aromatic N) is 4. The SMILES string of the molecule is CC(N)=NCCC[C@H](CC(=O)[C@H](CCCN=C(N)N)NC(=O)[C@H](CCCN=C(C)N)CC(=O)[C@@H](C)CCCN=C(N)N)C(=O)O. The third-order valence-corrected chi connectivity index (χ3v) is 7.05. The number of nitrogens with two attached hydrogens (primary N) is 6. The molecule has 16 heteroatoms. The predicted octanol–water partition coefficient (Wildman–Crippen LogP) is -0.235. The van der Waals surface area contributed by atoms with Gasteiger partial charge in [0.2, 0.25) is 5.91 Å². The van der Waals surface area contributed by atoms with Crippen molar-refractivity contribution in [3.05, 3.63) is 0 Å². The van der Waals surface area contributed by atoms with Crippen molar-refractivity contribution in [2.75, 3.05) is 26.2 Å². The van der Waals surface area contributed by atoms with Crippen LogP contribution in [0.5, 0.6) is 0 Å². The van der Waals surface area contributed by atoms with Gasteiger partial charge in [0.05, 0.1) is 23.6 Å². The summed E-state index contributed by atoms with van der Waals surface area (Å²) in [6.07, 6.45) is 2.84. The van der Waals surface area contributed by atoms with Crippen LogP contribution in [0.15, 0.2) is 20.0 Å². The van der Waals surface area contributed by atoms with Crippen molar-refractivity contribution < 1.29 is 24.3 Å². The number of carbonyl (C=O) groups is 4. The zero-order chi connectivity index (χ0) is 34.4. The second-order valence-corrected chi connectivity index (χ2v) is 11.3. The molecule has 256 valence electrons. The highest BCUT2D eigenvalue weighted by Gasteiger charge is 2.30. The van der Waals surface area contributed by atoms with Gasteiger partial charge in [-0.05, 0) is 65.2 Å². The van der Waals surface area contributed by atoms with Gasteiger partial charge in [0.15, 0.2) is 17.7 Å². The highest BCUT2D eigenvalue weighted by atomic mass is 16.4. The van der Waals surface area contributed by atoms with E-state index in [0.29, 0.717) is 69.8 Å². The Balaban J connectivity index is 5.79. The second-order valence-electron chi connectivity index (χ2n) is 11.3. The molecule has 0 saturated heterocycles. The maximum atomic E-state index is 13.6. The summed E-state index contributed by atoms with van der Waals surface area (Å²) in [5.74, 6) is -3.47. The van der Waals surface area contributed by atoms with Crippen LogP contribution in [0.1, 0.15) is 85.0 Å². The number of nitrogens with one attached hydrogen (secondary N) is 1. The number of rotatable bonds is 25. The predicted molar refractivity (Wildman–Crippen MR) is 178 cm³/mol. The Bertz CT molecular complexity index is 1060. The largest absolute Gasteiger partial charge is 0.481 e. The molecule has 0 heterocycles. The zero-order valence-electron chi connectivity index (χ0n) is 27.0. The van der Waals surface area contributed by atoms with Crippen molar-refractivity contribution in [2.45, 2.75) is 91.0 Å². The molecule has 0 aliphatic heterocycles. The van der Waals surface area contributed by atoms with Crippen molar-refractivity contribution in [3.63, 3.8) is 0 Å². The molecule has 0 aliphatic carbocycles. The van der Waals surface area contributed by atoms with Gasteiger partial charge >= 0.3 is 5.97 Å². The van der Waals surface area contributed by atoms with Gasteiger partial charge in [-0.3, -0.25) is 39.1 Å². The lowest BCUT2D eigenvalue weighted by Crippen LogP contribution is -2.45. The van der Waals surface area contributed by atoms with Crippen LogP contribution in [0.4, 0.5) is 0 Å². The van der Waals surface area contributed by atoms with Crippen LogP contribution in [-0.2, 0) is 19.2 Å². The molecule has 0 unspecified atom stereocenters. The Morgan fingerprint density at radius 1 is 0.622 bits per heavy atom. The number of amidine groups is 2. The third kappa shape index (κ3) is 21.2. The highest BCUT2D eigenvalue weighted by molar-refractivity contribution is 5.93. The van der Waals surface area contributed by atoms with E-state index in [1.807, 2.05) is 0 Å². The third-order valence-electron chi connectivity index (χ3n) is 7.05. The van der Waals surface area contributed by atoms with Crippen LogP contribution in [0, 0.1) is 17.8 Å². The molecule has 0 aromatic heterocycles. The number of carboxylic acid groups (broad SMARTS) is 1. The van der Waals surface area contributed by atoms with Crippen LogP contribution in [0.2, 0.25) is 0 Å². The van der Waals surface area contributed by atoms with Crippen molar-refractivity contribution >= 4 is 47.0 Å². The maximum absolute atomic E-state index is 13.6. The van der Waals surface area contributed by atoms with Crippen LogP contribution in [-0.4, -0.2) is 84.4 Å². The minimum atomic E-state index is -1.12. The van der Waals surface area contributed by atoms with Crippen molar-refractivity contribution in [3.8, 4) is 0 Å². The van der Waals surface area contributed by atoms with Gasteiger partial charge in [-0.2, -0.15) is 0 Å². The van der Waals surface area contributed by atoms with Gasteiger partial charge in [0.25, 0.3) is 0 Å². The number of carboxylic acids is 1. The summed E-state index contributed by atoms with van der Waals surface area (Å²) in [6, 6.07) is -0.989. The Labute approximate surface area is 266 Å². The normalized spacial score (nSPS) is 14.5. The molecule has 0 radical (unpaired) electrons. The fourth-order valence-electron chi connectivity index (χ4n) is 4.53. The molecule has 4 atom stereocenters. The average Bonchev–Trinajstić information content (AvgIpc) is 2.94. The Kier molecular flexibility index (Phi) is 21.0. The maximum Gasteiger partial charge on any atom is 0.306 e. The van der Waals surface area contributed by atoms with E-state index < -0.39 is 35.5 Å². The van der Waals surface area contributed by atoms with E-state index in [-0.39, 0.29) is 55.8 Å². The molecule has 0 fully saturated rings. The molecule has 0 rings (SSSR count). The van der Waals surface area contributed by atoms with E-state index in [1.54, 1.807) is 20.8 Å². The van der Waals surface area contributed by atoms with E-state index in [4.69, 9.17) is 34.4 Å². The van der Waals surface area contributed by atoms with Gasteiger partial charge in [-0.25, -0.2) is 0 Å².